The van der Waals surface area contributed by atoms with Gasteiger partial charge in [-0.05, 0) is 35.2 Å². The molecule has 1 amide bonds. The summed E-state index contributed by atoms with van der Waals surface area (Å²) >= 11 is 1.37. The Bertz CT molecular complexity index is 851. The van der Waals surface area contributed by atoms with Crippen LogP contribution in [0, 0.1) is 0 Å². The van der Waals surface area contributed by atoms with Gasteiger partial charge in [0, 0.05) is 17.3 Å². The maximum atomic E-state index is 12.4. The summed E-state index contributed by atoms with van der Waals surface area (Å²) in [5, 5.41) is 8.32. The van der Waals surface area contributed by atoms with Crippen molar-refractivity contribution in [3.63, 3.8) is 0 Å². The van der Waals surface area contributed by atoms with Crippen LogP contribution in [0.4, 0.5) is 16.6 Å². The van der Waals surface area contributed by atoms with E-state index in [1.54, 1.807) is 11.6 Å². The van der Waals surface area contributed by atoms with Crippen molar-refractivity contribution in [1.29, 1.82) is 0 Å². The number of nitrogens with zero attached hydrogens (tertiary/aromatic N) is 2. The largest absolute Gasteiger partial charge is 0.321 e. The number of carbonyl (C=O) groups excluding carboxylic acids is 1. The van der Waals surface area contributed by atoms with Crippen molar-refractivity contribution in [2.24, 2.45) is 0 Å². The van der Waals surface area contributed by atoms with Crippen molar-refractivity contribution >= 4 is 33.9 Å². The van der Waals surface area contributed by atoms with Crippen LogP contribution in [0.3, 0.4) is 0 Å². The maximum absolute atomic E-state index is 12.4. The molecule has 0 unspecified atom stereocenters. The van der Waals surface area contributed by atoms with Gasteiger partial charge in [0.2, 0.25) is 0 Å². The van der Waals surface area contributed by atoms with Crippen LogP contribution in [0.15, 0.2) is 54.0 Å². The molecule has 0 fully saturated rings. The van der Waals surface area contributed by atoms with Gasteiger partial charge in [0.05, 0.1) is 0 Å². The minimum absolute atomic E-state index is 0.0868. The normalized spacial score (nSPS) is 11.2. The highest BCUT2D eigenvalue weighted by Crippen LogP contribution is 2.24. The van der Waals surface area contributed by atoms with Gasteiger partial charge < -0.3 is 10.6 Å². The van der Waals surface area contributed by atoms with Gasteiger partial charge in [-0.25, -0.2) is 9.97 Å². The first-order valence-corrected chi connectivity index (χ1v) is 8.85. The fraction of sp³-hybridized carbons (Fsp3) is 0.211. The van der Waals surface area contributed by atoms with E-state index in [2.05, 4.69) is 41.4 Å². The Morgan fingerprint density at radius 1 is 1.08 bits per heavy atom. The van der Waals surface area contributed by atoms with Crippen LogP contribution in [0.5, 0.6) is 0 Å². The summed E-state index contributed by atoms with van der Waals surface area (Å²) in [6, 6.07) is 13.5. The second-order valence-corrected chi connectivity index (χ2v) is 7.52. The molecule has 5 nitrogen and oxygen atoms in total. The Labute approximate surface area is 151 Å². The van der Waals surface area contributed by atoms with E-state index in [1.165, 1.54) is 16.9 Å². The fourth-order valence-electron chi connectivity index (χ4n) is 2.23. The zero-order valence-electron chi connectivity index (χ0n) is 14.4. The van der Waals surface area contributed by atoms with Crippen molar-refractivity contribution in [3.8, 4) is 0 Å². The minimum atomic E-state index is -0.228. The molecule has 0 radical (unpaired) electrons. The first-order valence-electron chi connectivity index (χ1n) is 7.97. The molecule has 2 heterocycles. The first-order chi connectivity index (χ1) is 11.9. The third kappa shape index (κ3) is 4.42. The molecule has 0 saturated heterocycles. The summed E-state index contributed by atoms with van der Waals surface area (Å²) in [6.07, 6.45) is 1.70. The number of nitrogens with one attached hydrogen (secondary N) is 2. The molecular weight excluding hydrogens is 332 g/mol. The van der Waals surface area contributed by atoms with E-state index in [0.29, 0.717) is 16.6 Å². The summed E-state index contributed by atoms with van der Waals surface area (Å²) in [7, 11) is 0. The lowest BCUT2D eigenvalue weighted by molar-refractivity contribution is 0.102. The van der Waals surface area contributed by atoms with E-state index in [-0.39, 0.29) is 11.3 Å². The SMILES string of the molecule is CC(C)(C)c1ccc(NC(=O)c2csc(Nc3ccccn3)n2)cc1. The monoisotopic (exact) mass is 352 g/mol. The standard InChI is InChI=1S/C19H20N4OS/c1-19(2,3)13-7-9-14(10-8-13)21-17(24)15-12-25-18(22-15)23-16-6-4-5-11-20-16/h4-12H,1-3H3,(H,21,24)(H,20,22,23). The molecule has 1 aromatic carbocycles. The Morgan fingerprint density at radius 2 is 1.84 bits per heavy atom. The third-order valence-corrected chi connectivity index (χ3v) is 4.40. The summed E-state index contributed by atoms with van der Waals surface area (Å²) in [5.41, 5.74) is 2.44. The van der Waals surface area contributed by atoms with Crippen molar-refractivity contribution in [1.82, 2.24) is 9.97 Å². The molecule has 6 heteroatoms. The van der Waals surface area contributed by atoms with Gasteiger partial charge >= 0.3 is 0 Å². The zero-order chi connectivity index (χ0) is 17.9. The Kier molecular flexibility index (Phi) is 4.81. The average Bonchev–Trinajstić information content (AvgIpc) is 3.04. The molecule has 2 N–H and O–H groups in total. The predicted octanol–water partition coefficient (Wildman–Crippen LogP) is 4.83. The Balaban J connectivity index is 1.66. The van der Waals surface area contributed by atoms with Crippen LogP contribution >= 0.6 is 11.3 Å². The second kappa shape index (κ2) is 7.03. The quantitative estimate of drug-likeness (QED) is 0.705. The van der Waals surface area contributed by atoms with E-state index in [4.69, 9.17) is 0 Å². The van der Waals surface area contributed by atoms with Gasteiger partial charge in [0.15, 0.2) is 5.13 Å². The lowest BCUT2D eigenvalue weighted by Crippen LogP contribution is -2.14. The fourth-order valence-corrected chi connectivity index (χ4v) is 2.93. The molecule has 3 rings (SSSR count). The van der Waals surface area contributed by atoms with E-state index in [9.17, 15) is 4.79 Å². The van der Waals surface area contributed by atoms with Crippen molar-refractivity contribution < 1.29 is 4.79 Å². The third-order valence-electron chi connectivity index (χ3n) is 3.65. The van der Waals surface area contributed by atoms with Crippen LogP contribution < -0.4 is 10.6 Å². The summed E-state index contributed by atoms with van der Waals surface area (Å²) < 4.78 is 0. The van der Waals surface area contributed by atoms with Crippen LogP contribution in [-0.2, 0) is 5.41 Å². The second-order valence-electron chi connectivity index (χ2n) is 6.66. The van der Waals surface area contributed by atoms with Gasteiger partial charge in [-0.2, -0.15) is 0 Å². The molecule has 0 atom stereocenters. The van der Waals surface area contributed by atoms with Gasteiger partial charge in [-0.3, -0.25) is 4.79 Å². The topological polar surface area (TPSA) is 66.9 Å². The molecule has 0 bridgehead atoms. The lowest BCUT2D eigenvalue weighted by Gasteiger charge is -2.19. The molecule has 0 saturated carbocycles. The van der Waals surface area contributed by atoms with Gasteiger partial charge in [0.25, 0.3) is 5.91 Å². The van der Waals surface area contributed by atoms with Crippen LogP contribution in [0.1, 0.15) is 36.8 Å². The summed E-state index contributed by atoms with van der Waals surface area (Å²) in [5.74, 6) is 0.468. The molecule has 0 aliphatic heterocycles. The highest BCUT2D eigenvalue weighted by atomic mass is 32.1. The molecule has 0 aliphatic carbocycles. The first kappa shape index (κ1) is 17.1. The van der Waals surface area contributed by atoms with Gasteiger partial charge in [-0.15, -0.1) is 11.3 Å². The number of amides is 1. The number of carbonyl (C=O) groups is 1. The maximum Gasteiger partial charge on any atom is 0.275 e. The van der Waals surface area contributed by atoms with E-state index in [1.807, 2.05) is 42.5 Å². The van der Waals surface area contributed by atoms with Crippen molar-refractivity contribution in [2.45, 2.75) is 26.2 Å². The lowest BCUT2D eigenvalue weighted by atomic mass is 9.87. The van der Waals surface area contributed by atoms with E-state index in [0.717, 1.165) is 5.69 Å². The average molecular weight is 352 g/mol. The van der Waals surface area contributed by atoms with Crippen LogP contribution in [0.25, 0.3) is 0 Å². The molecular formula is C19H20N4OS. The number of rotatable bonds is 4. The van der Waals surface area contributed by atoms with Crippen molar-refractivity contribution in [2.75, 3.05) is 10.6 Å². The van der Waals surface area contributed by atoms with Gasteiger partial charge in [-0.1, -0.05) is 39.0 Å². The molecule has 25 heavy (non-hydrogen) atoms. The number of anilines is 3. The van der Waals surface area contributed by atoms with E-state index < -0.39 is 0 Å². The smallest absolute Gasteiger partial charge is 0.275 e. The molecule has 0 spiro atoms. The number of thiazole rings is 1. The number of pyridine rings is 1. The van der Waals surface area contributed by atoms with Gasteiger partial charge in [0.1, 0.15) is 11.5 Å². The highest BCUT2D eigenvalue weighted by molar-refractivity contribution is 7.14. The predicted molar refractivity (Wildman–Crippen MR) is 103 cm³/mol. The minimum Gasteiger partial charge on any atom is -0.321 e. The number of hydrogen-bond donors (Lipinski definition) is 2. The molecule has 2 aromatic heterocycles. The van der Waals surface area contributed by atoms with E-state index >= 15 is 0 Å². The zero-order valence-corrected chi connectivity index (χ0v) is 15.2. The Morgan fingerprint density at radius 3 is 2.48 bits per heavy atom. The number of hydrogen-bond acceptors (Lipinski definition) is 5. The Hall–Kier alpha value is -2.73. The van der Waals surface area contributed by atoms with Crippen LogP contribution in [-0.4, -0.2) is 15.9 Å². The van der Waals surface area contributed by atoms with Crippen LogP contribution in [0.2, 0.25) is 0 Å². The number of benzene rings is 1. The molecule has 3 aromatic rings. The van der Waals surface area contributed by atoms with Crippen molar-refractivity contribution in [3.05, 3.63) is 65.3 Å². The number of aromatic nitrogens is 2. The summed E-state index contributed by atoms with van der Waals surface area (Å²) in [6.45, 7) is 6.48. The molecule has 0 aliphatic rings. The summed E-state index contributed by atoms with van der Waals surface area (Å²) in [4.78, 5) is 20.8. The molecule has 128 valence electrons. The highest BCUT2D eigenvalue weighted by Gasteiger charge is 2.14.